The molecular formula is C13H18F3NO. The lowest BCUT2D eigenvalue weighted by molar-refractivity contribution is -0.191. The predicted molar refractivity (Wildman–Crippen MR) is 64.7 cm³/mol. The van der Waals surface area contributed by atoms with Crippen molar-refractivity contribution >= 4 is 0 Å². The maximum Gasteiger partial charge on any atom is 0.426 e. The molecule has 1 rings (SSSR count). The fraction of sp³-hybridized carbons (Fsp3) is 0.538. The van der Waals surface area contributed by atoms with Gasteiger partial charge in [-0.2, -0.15) is 13.2 Å². The van der Waals surface area contributed by atoms with Crippen LogP contribution in [0.4, 0.5) is 13.2 Å². The summed E-state index contributed by atoms with van der Waals surface area (Å²) in [5, 5.41) is 0. The van der Waals surface area contributed by atoms with E-state index in [0.717, 1.165) is 12.0 Å². The number of hydrogen-bond donors (Lipinski definition) is 1. The highest BCUT2D eigenvalue weighted by atomic mass is 19.4. The Kier molecular flexibility index (Phi) is 5.02. The van der Waals surface area contributed by atoms with Gasteiger partial charge in [0, 0.05) is 6.54 Å². The largest absolute Gasteiger partial charge is 0.480 e. The van der Waals surface area contributed by atoms with Gasteiger partial charge in [0.15, 0.2) is 0 Å². The number of nitrogens with two attached hydrogens (primary N) is 1. The van der Waals surface area contributed by atoms with Crippen LogP contribution in [0.2, 0.25) is 0 Å². The van der Waals surface area contributed by atoms with Crippen molar-refractivity contribution in [3.63, 3.8) is 0 Å². The van der Waals surface area contributed by atoms with Crippen molar-refractivity contribution in [2.75, 3.05) is 6.54 Å². The summed E-state index contributed by atoms with van der Waals surface area (Å²) in [6, 6.07) is 6.67. The Balaban J connectivity index is 2.74. The molecule has 2 atom stereocenters. The van der Waals surface area contributed by atoms with Gasteiger partial charge in [-0.3, -0.25) is 0 Å². The van der Waals surface area contributed by atoms with Gasteiger partial charge in [-0.05, 0) is 30.0 Å². The van der Waals surface area contributed by atoms with Gasteiger partial charge in [0.25, 0.3) is 0 Å². The van der Waals surface area contributed by atoms with Crippen LogP contribution in [-0.4, -0.2) is 18.8 Å². The zero-order chi connectivity index (χ0) is 13.8. The van der Waals surface area contributed by atoms with Gasteiger partial charge >= 0.3 is 6.18 Å². The first-order valence-electron chi connectivity index (χ1n) is 5.91. The van der Waals surface area contributed by atoms with Crippen LogP contribution in [0, 0.1) is 0 Å². The molecule has 102 valence electrons. The van der Waals surface area contributed by atoms with Gasteiger partial charge in [0.2, 0.25) is 6.10 Å². The molecule has 2 unspecified atom stereocenters. The molecule has 2 nitrogen and oxygen atoms in total. The van der Waals surface area contributed by atoms with E-state index in [1.54, 1.807) is 24.3 Å². The van der Waals surface area contributed by atoms with Gasteiger partial charge in [-0.15, -0.1) is 0 Å². The van der Waals surface area contributed by atoms with Crippen molar-refractivity contribution in [1.29, 1.82) is 0 Å². The van der Waals surface area contributed by atoms with Crippen LogP contribution < -0.4 is 10.5 Å². The van der Waals surface area contributed by atoms with E-state index in [9.17, 15) is 13.2 Å². The molecule has 0 amide bonds. The van der Waals surface area contributed by atoms with Crippen molar-refractivity contribution in [2.24, 2.45) is 5.73 Å². The molecule has 0 fully saturated rings. The SMILES string of the molecule is CCC(C)c1ccc(OC(CN)C(F)(F)F)cc1. The lowest BCUT2D eigenvalue weighted by Crippen LogP contribution is -2.40. The van der Waals surface area contributed by atoms with Crippen molar-refractivity contribution in [2.45, 2.75) is 38.5 Å². The lowest BCUT2D eigenvalue weighted by Gasteiger charge is -2.20. The average Bonchev–Trinajstić information content (AvgIpc) is 2.34. The Morgan fingerprint density at radius 3 is 2.17 bits per heavy atom. The fourth-order valence-corrected chi connectivity index (χ4v) is 1.52. The number of rotatable bonds is 5. The summed E-state index contributed by atoms with van der Waals surface area (Å²) in [5.41, 5.74) is 6.15. The minimum absolute atomic E-state index is 0.190. The van der Waals surface area contributed by atoms with Crippen molar-refractivity contribution in [3.05, 3.63) is 29.8 Å². The summed E-state index contributed by atoms with van der Waals surface area (Å²) >= 11 is 0. The van der Waals surface area contributed by atoms with Crippen LogP contribution >= 0.6 is 0 Å². The molecule has 0 spiro atoms. The van der Waals surface area contributed by atoms with Crippen LogP contribution in [0.1, 0.15) is 31.7 Å². The molecular weight excluding hydrogens is 243 g/mol. The molecule has 0 saturated heterocycles. The zero-order valence-corrected chi connectivity index (χ0v) is 10.5. The number of hydrogen-bond acceptors (Lipinski definition) is 2. The molecule has 0 aliphatic carbocycles. The molecule has 5 heteroatoms. The van der Waals surface area contributed by atoms with Crippen LogP contribution in [-0.2, 0) is 0 Å². The quantitative estimate of drug-likeness (QED) is 0.880. The highest BCUT2D eigenvalue weighted by Gasteiger charge is 2.40. The van der Waals surface area contributed by atoms with E-state index in [0.29, 0.717) is 5.92 Å². The second-order valence-corrected chi connectivity index (χ2v) is 4.26. The van der Waals surface area contributed by atoms with E-state index in [1.807, 2.05) is 0 Å². The molecule has 1 aromatic carbocycles. The highest BCUT2D eigenvalue weighted by Crippen LogP contribution is 2.26. The number of halogens is 3. The van der Waals surface area contributed by atoms with Crippen LogP contribution in [0.25, 0.3) is 0 Å². The van der Waals surface area contributed by atoms with E-state index >= 15 is 0 Å². The Hall–Kier alpha value is -1.23. The first-order chi connectivity index (χ1) is 8.38. The Morgan fingerprint density at radius 1 is 1.22 bits per heavy atom. The van der Waals surface area contributed by atoms with E-state index in [-0.39, 0.29) is 5.75 Å². The van der Waals surface area contributed by atoms with Crippen LogP contribution in [0.3, 0.4) is 0 Å². The van der Waals surface area contributed by atoms with Crippen molar-refractivity contribution in [1.82, 2.24) is 0 Å². The molecule has 0 aliphatic rings. The Labute approximate surface area is 105 Å². The minimum atomic E-state index is -4.44. The number of ether oxygens (including phenoxy) is 1. The molecule has 1 aromatic rings. The Bertz CT molecular complexity index is 361. The minimum Gasteiger partial charge on any atom is -0.480 e. The molecule has 18 heavy (non-hydrogen) atoms. The molecule has 0 radical (unpaired) electrons. The molecule has 0 heterocycles. The van der Waals surface area contributed by atoms with Gasteiger partial charge in [-0.25, -0.2) is 0 Å². The third-order valence-electron chi connectivity index (χ3n) is 2.92. The molecule has 0 aliphatic heterocycles. The first-order valence-corrected chi connectivity index (χ1v) is 5.91. The van der Waals surface area contributed by atoms with E-state index in [2.05, 4.69) is 13.8 Å². The number of alkyl halides is 3. The Morgan fingerprint density at radius 2 is 1.78 bits per heavy atom. The maximum atomic E-state index is 12.5. The third-order valence-corrected chi connectivity index (χ3v) is 2.92. The number of benzene rings is 1. The summed E-state index contributed by atoms with van der Waals surface area (Å²) in [6.07, 6.45) is -5.41. The summed E-state index contributed by atoms with van der Waals surface area (Å²) in [4.78, 5) is 0. The standard InChI is InChI=1S/C13H18F3NO/c1-3-9(2)10-4-6-11(7-5-10)18-12(8-17)13(14,15)16/h4-7,9,12H,3,8,17H2,1-2H3. The fourth-order valence-electron chi connectivity index (χ4n) is 1.52. The van der Waals surface area contributed by atoms with Gasteiger partial charge < -0.3 is 10.5 Å². The van der Waals surface area contributed by atoms with Crippen molar-refractivity contribution < 1.29 is 17.9 Å². The molecule has 0 bridgehead atoms. The maximum absolute atomic E-state index is 12.5. The third kappa shape index (κ3) is 3.91. The topological polar surface area (TPSA) is 35.2 Å². The second-order valence-electron chi connectivity index (χ2n) is 4.26. The second kappa shape index (κ2) is 6.09. The predicted octanol–water partition coefficient (Wildman–Crippen LogP) is 3.47. The van der Waals surface area contributed by atoms with E-state index in [4.69, 9.17) is 10.5 Å². The summed E-state index contributed by atoms with van der Waals surface area (Å²) < 4.78 is 42.2. The van der Waals surface area contributed by atoms with Gasteiger partial charge in [-0.1, -0.05) is 26.0 Å². The summed E-state index contributed by atoms with van der Waals surface area (Å²) in [5.74, 6) is 0.571. The lowest BCUT2D eigenvalue weighted by atomic mass is 9.99. The monoisotopic (exact) mass is 261 g/mol. The normalized spacial score (nSPS) is 15.2. The molecule has 0 saturated carbocycles. The highest BCUT2D eigenvalue weighted by molar-refractivity contribution is 5.29. The van der Waals surface area contributed by atoms with Gasteiger partial charge in [0.05, 0.1) is 0 Å². The summed E-state index contributed by atoms with van der Waals surface area (Å²) in [6.45, 7) is 3.54. The molecule has 2 N–H and O–H groups in total. The van der Waals surface area contributed by atoms with Gasteiger partial charge in [0.1, 0.15) is 5.75 Å². The van der Waals surface area contributed by atoms with Crippen LogP contribution in [0.15, 0.2) is 24.3 Å². The van der Waals surface area contributed by atoms with E-state index < -0.39 is 18.8 Å². The first kappa shape index (κ1) is 14.8. The van der Waals surface area contributed by atoms with E-state index in [1.165, 1.54) is 0 Å². The molecule has 0 aromatic heterocycles. The zero-order valence-electron chi connectivity index (χ0n) is 10.5. The average molecular weight is 261 g/mol. The van der Waals surface area contributed by atoms with Crippen LogP contribution in [0.5, 0.6) is 5.75 Å². The van der Waals surface area contributed by atoms with Crippen molar-refractivity contribution in [3.8, 4) is 5.75 Å². The smallest absolute Gasteiger partial charge is 0.426 e. The summed E-state index contributed by atoms with van der Waals surface area (Å²) in [7, 11) is 0.